The Bertz CT molecular complexity index is 426. The Morgan fingerprint density at radius 3 is 2.50 bits per heavy atom. The van der Waals surface area contributed by atoms with Crippen molar-refractivity contribution in [3.05, 3.63) is 0 Å². The van der Waals surface area contributed by atoms with E-state index in [9.17, 15) is 14.7 Å². The number of aliphatic hydroxyl groups is 1. The molecule has 6 nitrogen and oxygen atoms in total. The molecule has 0 radical (unpaired) electrons. The van der Waals surface area contributed by atoms with E-state index in [1.165, 1.54) is 12.8 Å². The van der Waals surface area contributed by atoms with Crippen molar-refractivity contribution in [2.75, 3.05) is 39.3 Å². The Hall–Kier alpha value is -1.14. The topological polar surface area (TPSA) is 72.9 Å². The highest BCUT2D eigenvalue weighted by atomic mass is 16.3. The predicted molar refractivity (Wildman–Crippen MR) is 82.2 cm³/mol. The Morgan fingerprint density at radius 2 is 1.86 bits per heavy atom. The molecular weight excluding hydrogens is 282 g/mol. The molecule has 3 heterocycles. The second kappa shape index (κ2) is 6.54. The Labute approximate surface area is 131 Å². The van der Waals surface area contributed by atoms with Crippen LogP contribution in [0.2, 0.25) is 0 Å². The maximum Gasteiger partial charge on any atom is 0.235 e. The predicted octanol–water partition coefficient (Wildman–Crippen LogP) is -0.0381. The SMILES string of the molecule is O=C1NCCCC1C(=O)N1CCC(O)(CN2CCCC2)CC1. The molecule has 2 amide bonds. The number of nitrogens with zero attached hydrogens (tertiary/aromatic N) is 2. The number of amides is 2. The summed E-state index contributed by atoms with van der Waals surface area (Å²) in [7, 11) is 0. The van der Waals surface area contributed by atoms with E-state index in [2.05, 4.69) is 10.2 Å². The summed E-state index contributed by atoms with van der Waals surface area (Å²) in [6.07, 6.45) is 5.19. The van der Waals surface area contributed by atoms with E-state index < -0.39 is 11.5 Å². The van der Waals surface area contributed by atoms with Gasteiger partial charge in [0, 0.05) is 26.2 Å². The molecule has 0 spiro atoms. The molecule has 22 heavy (non-hydrogen) atoms. The molecule has 3 rings (SSSR count). The van der Waals surface area contributed by atoms with Crippen LogP contribution in [0.1, 0.15) is 38.5 Å². The molecule has 0 bridgehead atoms. The van der Waals surface area contributed by atoms with Crippen molar-refractivity contribution in [1.29, 1.82) is 0 Å². The van der Waals surface area contributed by atoms with E-state index in [-0.39, 0.29) is 11.8 Å². The fourth-order valence-electron chi connectivity index (χ4n) is 3.89. The lowest BCUT2D eigenvalue weighted by Gasteiger charge is -2.41. The van der Waals surface area contributed by atoms with Crippen LogP contribution in [-0.2, 0) is 9.59 Å². The minimum atomic E-state index is -0.671. The molecule has 0 aromatic carbocycles. The van der Waals surface area contributed by atoms with Crippen molar-refractivity contribution in [3.63, 3.8) is 0 Å². The van der Waals surface area contributed by atoms with Gasteiger partial charge in [0.15, 0.2) is 0 Å². The van der Waals surface area contributed by atoms with Crippen LogP contribution in [0.4, 0.5) is 0 Å². The van der Waals surface area contributed by atoms with Crippen molar-refractivity contribution in [1.82, 2.24) is 15.1 Å². The first-order valence-corrected chi connectivity index (χ1v) is 8.59. The molecule has 0 aromatic heterocycles. The maximum atomic E-state index is 12.5. The standard InChI is InChI=1S/C16H27N3O3/c20-14-13(4-3-7-17-14)15(21)19-10-5-16(22,6-11-19)12-18-8-1-2-9-18/h13,22H,1-12H2,(H,17,20). The monoisotopic (exact) mass is 309 g/mol. The van der Waals surface area contributed by atoms with E-state index in [1.54, 1.807) is 4.90 Å². The second-order valence-corrected chi connectivity index (χ2v) is 7.02. The highest BCUT2D eigenvalue weighted by molar-refractivity contribution is 6.00. The number of hydrogen-bond acceptors (Lipinski definition) is 4. The van der Waals surface area contributed by atoms with Crippen molar-refractivity contribution in [3.8, 4) is 0 Å². The Balaban J connectivity index is 1.52. The van der Waals surface area contributed by atoms with Gasteiger partial charge in [-0.2, -0.15) is 0 Å². The number of nitrogens with one attached hydrogen (secondary N) is 1. The van der Waals surface area contributed by atoms with Crippen LogP contribution in [0, 0.1) is 5.92 Å². The summed E-state index contributed by atoms with van der Waals surface area (Å²) in [6.45, 7) is 4.68. The van der Waals surface area contributed by atoms with Crippen molar-refractivity contribution in [2.45, 2.75) is 44.1 Å². The molecule has 6 heteroatoms. The average molecular weight is 309 g/mol. The zero-order chi connectivity index (χ0) is 15.6. The molecule has 3 fully saturated rings. The number of carbonyl (C=O) groups excluding carboxylic acids is 2. The zero-order valence-electron chi connectivity index (χ0n) is 13.2. The minimum Gasteiger partial charge on any atom is -0.388 e. The first kappa shape index (κ1) is 15.7. The third kappa shape index (κ3) is 3.43. The summed E-state index contributed by atoms with van der Waals surface area (Å²) in [5.74, 6) is -0.701. The van der Waals surface area contributed by atoms with E-state index >= 15 is 0 Å². The molecule has 0 saturated carbocycles. The van der Waals surface area contributed by atoms with Crippen molar-refractivity contribution >= 4 is 11.8 Å². The van der Waals surface area contributed by atoms with Gasteiger partial charge in [0.1, 0.15) is 5.92 Å². The summed E-state index contributed by atoms with van der Waals surface area (Å²) >= 11 is 0. The lowest BCUT2D eigenvalue weighted by Crippen LogP contribution is -2.54. The van der Waals surface area contributed by atoms with Crippen LogP contribution in [0.5, 0.6) is 0 Å². The van der Waals surface area contributed by atoms with Crippen molar-refractivity contribution < 1.29 is 14.7 Å². The van der Waals surface area contributed by atoms with Crippen LogP contribution in [0.3, 0.4) is 0 Å². The first-order chi connectivity index (χ1) is 10.6. The van der Waals surface area contributed by atoms with Crippen LogP contribution < -0.4 is 5.32 Å². The maximum absolute atomic E-state index is 12.5. The summed E-state index contributed by atoms with van der Waals surface area (Å²) in [5, 5.41) is 13.5. The normalized spacial score (nSPS) is 29.4. The van der Waals surface area contributed by atoms with Gasteiger partial charge in [0.05, 0.1) is 5.60 Å². The molecule has 3 saturated heterocycles. The second-order valence-electron chi connectivity index (χ2n) is 7.02. The van der Waals surface area contributed by atoms with Gasteiger partial charge in [-0.3, -0.25) is 9.59 Å². The van der Waals surface area contributed by atoms with Gasteiger partial charge >= 0.3 is 0 Å². The molecule has 0 aromatic rings. The number of carbonyl (C=O) groups is 2. The van der Waals surface area contributed by atoms with Gasteiger partial charge in [-0.05, 0) is 51.6 Å². The average Bonchev–Trinajstić information content (AvgIpc) is 3.00. The molecule has 0 aliphatic carbocycles. The van der Waals surface area contributed by atoms with Gasteiger partial charge in [-0.25, -0.2) is 0 Å². The van der Waals surface area contributed by atoms with Crippen LogP contribution in [0.15, 0.2) is 0 Å². The van der Waals surface area contributed by atoms with Gasteiger partial charge in [0.25, 0.3) is 0 Å². The Kier molecular flexibility index (Phi) is 4.68. The van der Waals surface area contributed by atoms with E-state index in [0.29, 0.717) is 38.9 Å². The van der Waals surface area contributed by atoms with E-state index in [0.717, 1.165) is 26.1 Å². The van der Waals surface area contributed by atoms with Gasteiger partial charge in [-0.15, -0.1) is 0 Å². The number of likely N-dealkylation sites (tertiary alicyclic amines) is 2. The summed E-state index contributed by atoms with van der Waals surface area (Å²) < 4.78 is 0. The fraction of sp³-hybridized carbons (Fsp3) is 0.875. The number of β-amino-alcohol motifs (C(OH)–C–C–N with tert-alkyl or cyclic N) is 1. The van der Waals surface area contributed by atoms with Crippen LogP contribution in [-0.4, -0.2) is 71.6 Å². The quantitative estimate of drug-likeness (QED) is 0.718. The third-order valence-electron chi connectivity index (χ3n) is 5.31. The molecule has 3 aliphatic rings. The first-order valence-electron chi connectivity index (χ1n) is 8.59. The molecular formula is C16H27N3O3. The fourth-order valence-corrected chi connectivity index (χ4v) is 3.89. The number of piperidine rings is 2. The summed E-state index contributed by atoms with van der Waals surface area (Å²) in [5.41, 5.74) is -0.671. The molecule has 3 aliphatic heterocycles. The lowest BCUT2D eigenvalue weighted by molar-refractivity contribution is -0.146. The van der Waals surface area contributed by atoms with Gasteiger partial charge in [0.2, 0.25) is 11.8 Å². The summed E-state index contributed by atoms with van der Waals surface area (Å²) in [6, 6.07) is 0. The smallest absolute Gasteiger partial charge is 0.235 e. The summed E-state index contributed by atoms with van der Waals surface area (Å²) in [4.78, 5) is 28.4. The molecule has 2 N–H and O–H groups in total. The highest BCUT2D eigenvalue weighted by Gasteiger charge is 2.39. The largest absolute Gasteiger partial charge is 0.388 e. The molecule has 1 unspecified atom stereocenters. The van der Waals surface area contributed by atoms with E-state index in [4.69, 9.17) is 0 Å². The molecule has 124 valence electrons. The minimum absolute atomic E-state index is 0.0552. The Morgan fingerprint density at radius 1 is 1.18 bits per heavy atom. The lowest BCUT2D eigenvalue weighted by atomic mass is 9.89. The zero-order valence-corrected chi connectivity index (χ0v) is 13.2. The van der Waals surface area contributed by atoms with Gasteiger partial charge in [-0.1, -0.05) is 0 Å². The molecule has 1 atom stereocenters. The van der Waals surface area contributed by atoms with Gasteiger partial charge < -0.3 is 20.2 Å². The van der Waals surface area contributed by atoms with Crippen LogP contribution in [0.25, 0.3) is 0 Å². The number of hydrogen-bond donors (Lipinski definition) is 2. The van der Waals surface area contributed by atoms with E-state index in [1.807, 2.05) is 0 Å². The van der Waals surface area contributed by atoms with Crippen LogP contribution >= 0.6 is 0 Å². The highest BCUT2D eigenvalue weighted by Crippen LogP contribution is 2.26. The van der Waals surface area contributed by atoms with Crippen molar-refractivity contribution in [2.24, 2.45) is 5.92 Å². The third-order valence-corrected chi connectivity index (χ3v) is 5.31. The number of rotatable bonds is 3.